The lowest BCUT2D eigenvalue weighted by Crippen LogP contribution is -1.86. The molecule has 18 heavy (non-hydrogen) atoms. The third kappa shape index (κ3) is 3.11. The van der Waals surface area contributed by atoms with E-state index in [1.165, 1.54) is 11.8 Å². The van der Waals surface area contributed by atoms with Crippen LogP contribution in [0.1, 0.15) is 30.4 Å². The minimum absolute atomic E-state index is 0.561. The number of nitriles is 1. The van der Waals surface area contributed by atoms with Gasteiger partial charge in [-0.05, 0) is 18.1 Å². The minimum atomic E-state index is 0.561. The van der Waals surface area contributed by atoms with Gasteiger partial charge in [0.25, 0.3) is 5.22 Å². The van der Waals surface area contributed by atoms with Crippen molar-refractivity contribution in [2.45, 2.75) is 30.7 Å². The zero-order chi connectivity index (χ0) is 12.8. The van der Waals surface area contributed by atoms with Crippen molar-refractivity contribution in [2.75, 3.05) is 0 Å². The van der Waals surface area contributed by atoms with Gasteiger partial charge in [-0.15, -0.1) is 10.2 Å². The maximum absolute atomic E-state index is 8.98. The van der Waals surface area contributed by atoms with Gasteiger partial charge in [-0.1, -0.05) is 36.9 Å². The molecule has 0 aliphatic carbocycles. The van der Waals surface area contributed by atoms with Gasteiger partial charge in [0, 0.05) is 12.2 Å². The lowest BCUT2D eigenvalue weighted by molar-refractivity contribution is 0.411. The average molecular weight is 259 g/mol. The SMILES string of the molecule is CCCc1nnc(SCc2ccccc2C#N)o1. The van der Waals surface area contributed by atoms with Crippen LogP contribution in [-0.2, 0) is 12.2 Å². The summed E-state index contributed by atoms with van der Waals surface area (Å²) >= 11 is 1.46. The van der Waals surface area contributed by atoms with Crippen molar-refractivity contribution in [3.63, 3.8) is 0 Å². The lowest BCUT2D eigenvalue weighted by atomic mass is 10.1. The van der Waals surface area contributed by atoms with Crippen molar-refractivity contribution >= 4 is 11.8 Å². The summed E-state index contributed by atoms with van der Waals surface area (Å²) in [6.07, 6.45) is 1.80. The van der Waals surface area contributed by atoms with Gasteiger partial charge >= 0.3 is 0 Å². The smallest absolute Gasteiger partial charge is 0.276 e. The summed E-state index contributed by atoms with van der Waals surface area (Å²) in [6, 6.07) is 9.71. The first-order chi connectivity index (χ1) is 8.83. The van der Waals surface area contributed by atoms with Crippen LogP contribution in [0, 0.1) is 11.3 Å². The molecule has 0 bridgehead atoms. The van der Waals surface area contributed by atoms with E-state index in [4.69, 9.17) is 9.68 Å². The summed E-state index contributed by atoms with van der Waals surface area (Å²) in [7, 11) is 0. The molecule has 0 saturated heterocycles. The molecule has 0 spiro atoms. The van der Waals surface area contributed by atoms with E-state index in [0.717, 1.165) is 18.4 Å². The Morgan fingerprint density at radius 2 is 2.17 bits per heavy atom. The molecular weight excluding hydrogens is 246 g/mol. The van der Waals surface area contributed by atoms with Gasteiger partial charge in [0.15, 0.2) is 0 Å². The number of thioether (sulfide) groups is 1. The van der Waals surface area contributed by atoms with Crippen molar-refractivity contribution in [1.29, 1.82) is 5.26 Å². The van der Waals surface area contributed by atoms with Gasteiger partial charge in [0.2, 0.25) is 5.89 Å². The van der Waals surface area contributed by atoms with Crippen LogP contribution in [0.2, 0.25) is 0 Å². The third-order valence-corrected chi connectivity index (χ3v) is 3.27. The molecule has 0 aliphatic rings. The Bertz CT molecular complexity index is 559. The van der Waals surface area contributed by atoms with E-state index in [-0.39, 0.29) is 0 Å². The molecule has 0 atom stereocenters. The Labute approximate surface area is 110 Å². The van der Waals surface area contributed by atoms with Crippen LogP contribution >= 0.6 is 11.8 Å². The Morgan fingerprint density at radius 3 is 2.94 bits per heavy atom. The number of hydrogen-bond donors (Lipinski definition) is 0. The molecule has 2 aromatic rings. The molecule has 0 unspecified atom stereocenters. The molecule has 0 fully saturated rings. The fourth-order valence-corrected chi connectivity index (χ4v) is 2.29. The van der Waals surface area contributed by atoms with Crippen molar-refractivity contribution in [2.24, 2.45) is 0 Å². The number of rotatable bonds is 5. The maximum atomic E-state index is 8.98. The Morgan fingerprint density at radius 1 is 1.33 bits per heavy atom. The van der Waals surface area contributed by atoms with E-state index >= 15 is 0 Å². The number of aryl methyl sites for hydroxylation is 1. The van der Waals surface area contributed by atoms with Crippen LogP contribution in [0.3, 0.4) is 0 Å². The molecule has 1 aromatic heterocycles. The van der Waals surface area contributed by atoms with E-state index in [9.17, 15) is 0 Å². The van der Waals surface area contributed by atoms with Crippen LogP contribution in [-0.4, -0.2) is 10.2 Å². The van der Waals surface area contributed by atoms with Crippen molar-refractivity contribution < 1.29 is 4.42 Å². The average Bonchev–Trinajstić information content (AvgIpc) is 2.85. The number of nitrogens with zero attached hydrogens (tertiary/aromatic N) is 3. The van der Waals surface area contributed by atoms with Crippen LogP contribution in [0.5, 0.6) is 0 Å². The van der Waals surface area contributed by atoms with E-state index < -0.39 is 0 Å². The molecule has 0 saturated carbocycles. The largest absolute Gasteiger partial charge is 0.416 e. The highest BCUT2D eigenvalue weighted by atomic mass is 32.2. The van der Waals surface area contributed by atoms with Crippen LogP contribution < -0.4 is 0 Å². The van der Waals surface area contributed by atoms with Gasteiger partial charge in [-0.25, -0.2) is 0 Å². The van der Waals surface area contributed by atoms with Gasteiger partial charge in [0.05, 0.1) is 11.6 Å². The highest BCUT2D eigenvalue weighted by Crippen LogP contribution is 2.23. The van der Waals surface area contributed by atoms with Crippen molar-refractivity contribution in [3.8, 4) is 6.07 Å². The monoisotopic (exact) mass is 259 g/mol. The molecule has 0 aliphatic heterocycles. The lowest BCUT2D eigenvalue weighted by Gasteiger charge is -2.00. The van der Waals surface area contributed by atoms with E-state index in [1.54, 1.807) is 0 Å². The summed E-state index contributed by atoms with van der Waals surface area (Å²) in [5.41, 5.74) is 1.68. The molecule has 4 nitrogen and oxygen atoms in total. The molecule has 92 valence electrons. The van der Waals surface area contributed by atoms with Crippen LogP contribution in [0.4, 0.5) is 0 Å². The molecule has 1 aromatic carbocycles. The van der Waals surface area contributed by atoms with Gasteiger partial charge in [0.1, 0.15) is 0 Å². The fourth-order valence-electron chi connectivity index (χ4n) is 1.51. The van der Waals surface area contributed by atoms with Gasteiger partial charge in [-0.2, -0.15) is 5.26 Å². The van der Waals surface area contributed by atoms with Gasteiger partial charge in [-0.3, -0.25) is 0 Å². The zero-order valence-corrected chi connectivity index (χ0v) is 10.9. The normalized spacial score (nSPS) is 10.2. The first kappa shape index (κ1) is 12.7. The number of benzene rings is 1. The van der Waals surface area contributed by atoms with Crippen molar-refractivity contribution in [3.05, 3.63) is 41.3 Å². The predicted octanol–water partition coefficient (Wildman–Crippen LogP) is 3.19. The minimum Gasteiger partial charge on any atom is -0.416 e. The summed E-state index contributed by atoms with van der Waals surface area (Å²) in [6.45, 7) is 2.07. The van der Waals surface area contributed by atoms with Crippen LogP contribution in [0.15, 0.2) is 33.9 Å². The Kier molecular flexibility index (Phi) is 4.37. The molecule has 0 radical (unpaired) electrons. The summed E-state index contributed by atoms with van der Waals surface area (Å²) in [4.78, 5) is 0. The van der Waals surface area contributed by atoms with E-state index in [0.29, 0.717) is 22.4 Å². The first-order valence-electron chi connectivity index (χ1n) is 5.76. The second kappa shape index (κ2) is 6.22. The number of aromatic nitrogens is 2. The fraction of sp³-hybridized carbons (Fsp3) is 0.308. The summed E-state index contributed by atoms with van der Waals surface area (Å²) < 4.78 is 5.48. The molecule has 2 rings (SSSR count). The standard InChI is InChI=1S/C13H13N3OS/c1-2-5-12-15-16-13(17-12)18-9-11-7-4-3-6-10(11)8-14/h3-4,6-7H,2,5,9H2,1H3. The molecule has 0 N–H and O–H groups in total. The highest BCUT2D eigenvalue weighted by Gasteiger charge is 2.07. The summed E-state index contributed by atoms with van der Waals surface area (Å²) in [5, 5.41) is 17.5. The highest BCUT2D eigenvalue weighted by molar-refractivity contribution is 7.98. The second-order valence-electron chi connectivity index (χ2n) is 3.77. The molecule has 5 heteroatoms. The quantitative estimate of drug-likeness (QED) is 0.772. The summed E-state index contributed by atoms with van der Waals surface area (Å²) in [5.74, 6) is 1.34. The third-order valence-electron chi connectivity index (χ3n) is 2.40. The Hall–Kier alpha value is -1.80. The van der Waals surface area contributed by atoms with Crippen molar-refractivity contribution in [1.82, 2.24) is 10.2 Å². The first-order valence-corrected chi connectivity index (χ1v) is 6.75. The zero-order valence-electron chi connectivity index (χ0n) is 10.1. The van der Waals surface area contributed by atoms with E-state index in [2.05, 4.69) is 23.2 Å². The molecule has 1 heterocycles. The maximum Gasteiger partial charge on any atom is 0.276 e. The number of hydrogen-bond acceptors (Lipinski definition) is 5. The molecule has 0 amide bonds. The molecular formula is C13H13N3OS. The Balaban J connectivity index is 2.00. The topological polar surface area (TPSA) is 62.7 Å². The second-order valence-corrected chi connectivity index (χ2v) is 4.70. The van der Waals surface area contributed by atoms with E-state index in [1.807, 2.05) is 24.3 Å². The van der Waals surface area contributed by atoms with Crippen LogP contribution in [0.25, 0.3) is 0 Å². The van der Waals surface area contributed by atoms with Gasteiger partial charge < -0.3 is 4.42 Å². The predicted molar refractivity (Wildman–Crippen MR) is 69.0 cm³/mol.